The van der Waals surface area contributed by atoms with Crippen molar-refractivity contribution in [2.24, 2.45) is 5.73 Å². The van der Waals surface area contributed by atoms with Crippen molar-refractivity contribution < 1.29 is 0 Å². The van der Waals surface area contributed by atoms with Crippen LogP contribution in [-0.4, -0.2) is 12.6 Å². The molecule has 4 heteroatoms. The largest absolute Gasteiger partial charge is 0.329 e. The molecule has 0 saturated heterocycles. The van der Waals surface area contributed by atoms with Gasteiger partial charge in [-0.05, 0) is 25.0 Å². The van der Waals surface area contributed by atoms with Gasteiger partial charge < -0.3 is 11.1 Å². The number of rotatable bonds is 4. The lowest BCUT2D eigenvalue weighted by Crippen LogP contribution is -2.35. The van der Waals surface area contributed by atoms with Crippen LogP contribution >= 0.6 is 23.2 Å². The lowest BCUT2D eigenvalue weighted by molar-refractivity contribution is 0.445. The summed E-state index contributed by atoms with van der Waals surface area (Å²) in [6.45, 7) is 0.514. The molecule has 0 radical (unpaired) electrons. The highest BCUT2D eigenvalue weighted by Gasteiger charge is 2.22. The molecule has 2 rings (SSSR count). The van der Waals surface area contributed by atoms with Crippen LogP contribution in [-0.2, 0) is 0 Å². The van der Waals surface area contributed by atoms with E-state index in [-0.39, 0.29) is 6.04 Å². The summed E-state index contributed by atoms with van der Waals surface area (Å²) in [5.41, 5.74) is 6.78. The highest BCUT2D eigenvalue weighted by molar-refractivity contribution is 6.36. The van der Waals surface area contributed by atoms with Gasteiger partial charge in [-0.25, -0.2) is 0 Å². The van der Waals surface area contributed by atoms with Gasteiger partial charge in [0.1, 0.15) is 0 Å². The topological polar surface area (TPSA) is 38.0 Å². The van der Waals surface area contributed by atoms with Crippen molar-refractivity contribution in [2.45, 2.75) is 37.8 Å². The molecular formula is C13H18Cl2N2. The number of hydrogen-bond acceptors (Lipinski definition) is 2. The van der Waals surface area contributed by atoms with Crippen LogP contribution in [0.5, 0.6) is 0 Å². The summed E-state index contributed by atoms with van der Waals surface area (Å²) in [4.78, 5) is 0. The van der Waals surface area contributed by atoms with E-state index in [2.05, 4.69) is 5.32 Å². The summed E-state index contributed by atoms with van der Waals surface area (Å²) in [5, 5.41) is 4.96. The third kappa shape index (κ3) is 3.14. The van der Waals surface area contributed by atoms with Crippen molar-refractivity contribution >= 4 is 23.2 Å². The van der Waals surface area contributed by atoms with Gasteiger partial charge in [0.25, 0.3) is 0 Å². The van der Waals surface area contributed by atoms with E-state index in [4.69, 9.17) is 28.9 Å². The molecule has 1 aromatic rings. The predicted molar refractivity (Wildman–Crippen MR) is 73.6 cm³/mol. The Balaban J connectivity index is 2.16. The Kier molecular flexibility index (Phi) is 4.69. The maximum Gasteiger partial charge on any atom is 0.0476 e. The van der Waals surface area contributed by atoms with Gasteiger partial charge in [-0.1, -0.05) is 42.1 Å². The normalized spacial score (nSPS) is 18.5. The lowest BCUT2D eigenvalue weighted by Gasteiger charge is -2.23. The van der Waals surface area contributed by atoms with Gasteiger partial charge in [-0.3, -0.25) is 0 Å². The molecular weight excluding hydrogens is 255 g/mol. The molecule has 94 valence electrons. The fraction of sp³-hybridized carbons (Fsp3) is 0.538. The van der Waals surface area contributed by atoms with Crippen molar-refractivity contribution in [3.05, 3.63) is 33.8 Å². The first kappa shape index (κ1) is 13.2. The van der Waals surface area contributed by atoms with Crippen molar-refractivity contribution in [2.75, 3.05) is 6.54 Å². The third-order valence-electron chi connectivity index (χ3n) is 3.38. The molecule has 17 heavy (non-hydrogen) atoms. The number of benzene rings is 1. The van der Waals surface area contributed by atoms with E-state index in [1.54, 1.807) is 0 Å². The number of halogens is 2. The Labute approximate surface area is 112 Å². The van der Waals surface area contributed by atoms with Gasteiger partial charge in [0.05, 0.1) is 0 Å². The molecule has 0 heterocycles. The van der Waals surface area contributed by atoms with Gasteiger partial charge in [0, 0.05) is 34.2 Å². The van der Waals surface area contributed by atoms with Crippen molar-refractivity contribution in [1.82, 2.24) is 5.32 Å². The van der Waals surface area contributed by atoms with E-state index in [1.807, 2.05) is 18.2 Å². The summed E-state index contributed by atoms with van der Waals surface area (Å²) in [5.74, 6) is 0. The van der Waals surface area contributed by atoms with E-state index in [1.165, 1.54) is 25.7 Å². The Bertz CT molecular complexity index is 355. The van der Waals surface area contributed by atoms with E-state index in [0.29, 0.717) is 22.6 Å². The highest BCUT2D eigenvalue weighted by Crippen LogP contribution is 2.31. The van der Waals surface area contributed by atoms with E-state index < -0.39 is 0 Å². The minimum Gasteiger partial charge on any atom is -0.329 e. The van der Waals surface area contributed by atoms with Crippen molar-refractivity contribution in [3.8, 4) is 0 Å². The van der Waals surface area contributed by atoms with Crippen LogP contribution in [0.25, 0.3) is 0 Å². The van der Waals surface area contributed by atoms with Gasteiger partial charge in [-0.2, -0.15) is 0 Å². The van der Waals surface area contributed by atoms with Gasteiger partial charge >= 0.3 is 0 Å². The summed E-state index contributed by atoms with van der Waals surface area (Å²) >= 11 is 12.4. The first-order valence-electron chi connectivity index (χ1n) is 6.12. The van der Waals surface area contributed by atoms with Crippen LogP contribution < -0.4 is 11.1 Å². The molecule has 0 aromatic heterocycles. The molecule has 1 aromatic carbocycles. The molecule has 1 aliphatic carbocycles. The first-order chi connectivity index (χ1) is 8.22. The molecule has 1 aliphatic rings. The molecule has 0 spiro atoms. The molecule has 1 saturated carbocycles. The zero-order chi connectivity index (χ0) is 12.3. The highest BCUT2D eigenvalue weighted by atomic mass is 35.5. The van der Waals surface area contributed by atoms with Gasteiger partial charge in [-0.15, -0.1) is 0 Å². The summed E-state index contributed by atoms with van der Waals surface area (Å²) in [7, 11) is 0. The lowest BCUT2D eigenvalue weighted by atomic mass is 10.1. The summed E-state index contributed by atoms with van der Waals surface area (Å²) in [6.07, 6.45) is 5.04. The number of nitrogens with two attached hydrogens (primary N) is 1. The second-order valence-corrected chi connectivity index (χ2v) is 5.39. The summed E-state index contributed by atoms with van der Waals surface area (Å²) < 4.78 is 0. The van der Waals surface area contributed by atoms with E-state index in [0.717, 1.165) is 5.56 Å². The fourth-order valence-electron chi connectivity index (χ4n) is 2.49. The molecule has 0 amide bonds. The van der Waals surface area contributed by atoms with Gasteiger partial charge in [0.15, 0.2) is 0 Å². The standard InChI is InChI=1S/C13H18Cl2N2/c14-10-6-3-7-11(15)13(10)12(8-16)17-9-4-1-2-5-9/h3,6-7,9,12,17H,1-2,4-5,8,16H2. The predicted octanol–water partition coefficient (Wildman–Crippen LogP) is 3.53. The fourth-order valence-corrected chi connectivity index (χ4v) is 3.15. The smallest absolute Gasteiger partial charge is 0.0476 e. The minimum atomic E-state index is 0.0549. The average molecular weight is 273 g/mol. The van der Waals surface area contributed by atoms with Crippen LogP contribution in [0.4, 0.5) is 0 Å². The Morgan fingerprint density at radius 1 is 1.24 bits per heavy atom. The molecule has 1 fully saturated rings. The summed E-state index contributed by atoms with van der Waals surface area (Å²) in [6, 6.07) is 6.19. The van der Waals surface area contributed by atoms with Crippen molar-refractivity contribution in [3.63, 3.8) is 0 Å². The number of nitrogens with one attached hydrogen (secondary N) is 1. The second-order valence-electron chi connectivity index (χ2n) is 4.57. The molecule has 0 aliphatic heterocycles. The van der Waals surface area contributed by atoms with Crippen LogP contribution in [0.15, 0.2) is 18.2 Å². The van der Waals surface area contributed by atoms with Crippen LogP contribution in [0, 0.1) is 0 Å². The van der Waals surface area contributed by atoms with Crippen molar-refractivity contribution in [1.29, 1.82) is 0 Å². The van der Waals surface area contributed by atoms with Crippen LogP contribution in [0.2, 0.25) is 10.0 Å². The maximum atomic E-state index is 6.21. The molecule has 1 atom stereocenters. The monoisotopic (exact) mass is 272 g/mol. The second kappa shape index (κ2) is 6.05. The first-order valence-corrected chi connectivity index (χ1v) is 6.88. The zero-order valence-electron chi connectivity index (χ0n) is 9.76. The average Bonchev–Trinajstić information content (AvgIpc) is 2.80. The Morgan fingerprint density at radius 3 is 2.35 bits per heavy atom. The molecule has 2 nitrogen and oxygen atoms in total. The molecule has 3 N–H and O–H groups in total. The SMILES string of the molecule is NCC(NC1CCCC1)c1c(Cl)cccc1Cl. The third-order valence-corrected chi connectivity index (χ3v) is 4.04. The van der Waals surface area contributed by atoms with Crippen LogP contribution in [0.3, 0.4) is 0 Å². The number of hydrogen-bond donors (Lipinski definition) is 2. The van der Waals surface area contributed by atoms with Gasteiger partial charge in [0.2, 0.25) is 0 Å². The maximum absolute atomic E-state index is 6.21. The minimum absolute atomic E-state index is 0.0549. The van der Waals surface area contributed by atoms with E-state index >= 15 is 0 Å². The van der Waals surface area contributed by atoms with E-state index in [9.17, 15) is 0 Å². The Hall–Kier alpha value is -0.280. The Morgan fingerprint density at radius 2 is 1.82 bits per heavy atom. The quantitative estimate of drug-likeness (QED) is 0.880. The molecule has 0 bridgehead atoms. The molecule has 1 unspecified atom stereocenters. The zero-order valence-corrected chi connectivity index (χ0v) is 11.3. The van der Waals surface area contributed by atoms with Crippen LogP contribution in [0.1, 0.15) is 37.3 Å².